The van der Waals surface area contributed by atoms with Crippen LogP contribution < -0.4 is 5.32 Å². The number of amides is 1. The third kappa shape index (κ3) is 4.66. The van der Waals surface area contributed by atoms with Crippen LogP contribution in [0.25, 0.3) is 0 Å². The van der Waals surface area contributed by atoms with Gasteiger partial charge in [0.15, 0.2) is 0 Å². The first-order chi connectivity index (χ1) is 8.19. The zero-order chi connectivity index (χ0) is 12.7. The van der Waals surface area contributed by atoms with Gasteiger partial charge in [0.25, 0.3) is 0 Å². The Hall–Kier alpha value is -0.570. The van der Waals surface area contributed by atoms with Gasteiger partial charge in [-0.15, -0.1) is 0 Å². The molecule has 100 valence electrons. The first-order valence-corrected chi connectivity index (χ1v) is 7.17. The highest BCUT2D eigenvalue weighted by Crippen LogP contribution is 2.20. The molecule has 1 saturated carbocycles. The molecule has 1 rings (SSSR count). The van der Waals surface area contributed by atoms with Gasteiger partial charge in [-0.25, -0.2) is 0 Å². The molecule has 0 aromatic rings. The first-order valence-electron chi connectivity index (χ1n) is 7.17. The summed E-state index contributed by atoms with van der Waals surface area (Å²) in [4.78, 5) is 12.1. The largest absolute Gasteiger partial charge is 0.391 e. The summed E-state index contributed by atoms with van der Waals surface area (Å²) in [6.45, 7) is 4.21. The van der Waals surface area contributed by atoms with Crippen molar-refractivity contribution in [1.29, 1.82) is 0 Å². The smallest absolute Gasteiger partial charge is 0.223 e. The van der Waals surface area contributed by atoms with Gasteiger partial charge < -0.3 is 10.4 Å². The number of unbranched alkanes of at least 4 members (excludes halogenated alkanes) is 1. The van der Waals surface area contributed by atoms with E-state index < -0.39 is 0 Å². The number of hydrogen-bond donors (Lipinski definition) is 2. The first kappa shape index (κ1) is 14.5. The zero-order valence-corrected chi connectivity index (χ0v) is 11.2. The number of rotatable bonds is 6. The third-order valence-electron chi connectivity index (χ3n) is 3.83. The number of aliphatic hydroxyl groups is 1. The predicted molar refractivity (Wildman–Crippen MR) is 69.7 cm³/mol. The molecule has 1 fully saturated rings. The molecule has 3 atom stereocenters. The SMILES string of the molecule is CCCCC(CC)C(=O)NC1CCCCC1O. The Labute approximate surface area is 105 Å². The van der Waals surface area contributed by atoms with E-state index in [-0.39, 0.29) is 24.0 Å². The lowest BCUT2D eigenvalue weighted by Crippen LogP contribution is -2.47. The average molecular weight is 241 g/mol. The molecular formula is C14H27NO2. The number of carbonyl (C=O) groups excluding carboxylic acids is 1. The Kier molecular flexibility index (Phi) is 6.56. The molecule has 0 bridgehead atoms. The fourth-order valence-corrected chi connectivity index (χ4v) is 2.55. The van der Waals surface area contributed by atoms with Crippen molar-refractivity contribution in [2.75, 3.05) is 0 Å². The van der Waals surface area contributed by atoms with Crippen LogP contribution in [0.1, 0.15) is 65.2 Å². The second kappa shape index (κ2) is 7.70. The summed E-state index contributed by atoms with van der Waals surface area (Å²) in [7, 11) is 0. The minimum absolute atomic E-state index is 0.00748. The monoisotopic (exact) mass is 241 g/mol. The fourth-order valence-electron chi connectivity index (χ4n) is 2.55. The van der Waals surface area contributed by atoms with E-state index in [9.17, 15) is 9.90 Å². The summed E-state index contributed by atoms with van der Waals surface area (Å²) in [6, 6.07) is -0.00748. The maximum Gasteiger partial charge on any atom is 0.223 e. The third-order valence-corrected chi connectivity index (χ3v) is 3.83. The van der Waals surface area contributed by atoms with Crippen molar-refractivity contribution in [3.8, 4) is 0 Å². The second-order valence-corrected chi connectivity index (χ2v) is 5.21. The Bertz CT molecular complexity index is 230. The number of aliphatic hydroxyl groups excluding tert-OH is 1. The van der Waals surface area contributed by atoms with Gasteiger partial charge in [0.1, 0.15) is 0 Å². The Morgan fingerprint density at radius 3 is 2.65 bits per heavy atom. The summed E-state index contributed by atoms with van der Waals surface area (Å²) in [5.41, 5.74) is 0. The molecule has 0 aromatic carbocycles. The summed E-state index contributed by atoms with van der Waals surface area (Å²) < 4.78 is 0. The van der Waals surface area contributed by atoms with Gasteiger partial charge in [-0.1, -0.05) is 39.5 Å². The van der Waals surface area contributed by atoms with Crippen molar-refractivity contribution >= 4 is 5.91 Å². The minimum Gasteiger partial charge on any atom is -0.391 e. The van der Waals surface area contributed by atoms with E-state index in [1.54, 1.807) is 0 Å². The molecule has 0 saturated heterocycles. The van der Waals surface area contributed by atoms with Crippen LogP contribution >= 0.6 is 0 Å². The van der Waals surface area contributed by atoms with Crippen LogP contribution in [0.5, 0.6) is 0 Å². The Balaban J connectivity index is 2.39. The van der Waals surface area contributed by atoms with Crippen molar-refractivity contribution in [2.45, 2.75) is 77.4 Å². The summed E-state index contributed by atoms with van der Waals surface area (Å²) >= 11 is 0. The standard InChI is InChI=1S/C14H27NO2/c1-3-5-8-11(4-2)14(17)15-12-9-6-7-10-13(12)16/h11-13,16H,3-10H2,1-2H3,(H,15,17). The van der Waals surface area contributed by atoms with E-state index in [4.69, 9.17) is 0 Å². The van der Waals surface area contributed by atoms with Crippen LogP contribution in [-0.2, 0) is 4.79 Å². The topological polar surface area (TPSA) is 49.3 Å². The minimum atomic E-state index is -0.337. The molecule has 1 amide bonds. The summed E-state index contributed by atoms with van der Waals surface area (Å²) in [5, 5.41) is 12.9. The van der Waals surface area contributed by atoms with Crippen LogP contribution in [0.15, 0.2) is 0 Å². The van der Waals surface area contributed by atoms with Gasteiger partial charge in [-0.2, -0.15) is 0 Å². The normalized spacial score (nSPS) is 26.5. The Morgan fingerprint density at radius 1 is 1.35 bits per heavy atom. The molecule has 2 N–H and O–H groups in total. The van der Waals surface area contributed by atoms with Gasteiger partial charge in [0.2, 0.25) is 5.91 Å². The highest BCUT2D eigenvalue weighted by atomic mass is 16.3. The van der Waals surface area contributed by atoms with Crippen molar-refractivity contribution in [1.82, 2.24) is 5.32 Å². The molecule has 3 unspecified atom stereocenters. The van der Waals surface area contributed by atoms with Gasteiger partial charge in [0, 0.05) is 5.92 Å². The van der Waals surface area contributed by atoms with E-state index in [0.717, 1.165) is 51.4 Å². The van der Waals surface area contributed by atoms with E-state index in [1.807, 2.05) is 0 Å². The lowest BCUT2D eigenvalue weighted by atomic mass is 9.91. The molecule has 0 aliphatic heterocycles. The summed E-state index contributed by atoms with van der Waals surface area (Å²) in [5.74, 6) is 0.274. The van der Waals surface area contributed by atoms with Gasteiger partial charge in [0.05, 0.1) is 12.1 Å². The second-order valence-electron chi connectivity index (χ2n) is 5.21. The molecule has 1 aliphatic carbocycles. The van der Waals surface area contributed by atoms with Crippen LogP contribution in [0.3, 0.4) is 0 Å². The van der Waals surface area contributed by atoms with Crippen molar-refractivity contribution in [2.24, 2.45) is 5.92 Å². The van der Waals surface area contributed by atoms with Crippen LogP contribution in [0, 0.1) is 5.92 Å². The highest BCUT2D eigenvalue weighted by molar-refractivity contribution is 5.78. The number of hydrogen-bond acceptors (Lipinski definition) is 2. The lowest BCUT2D eigenvalue weighted by molar-refractivity contribution is -0.127. The zero-order valence-electron chi connectivity index (χ0n) is 11.2. The quantitative estimate of drug-likeness (QED) is 0.751. The number of carbonyl (C=O) groups is 1. The maximum absolute atomic E-state index is 12.1. The molecular weight excluding hydrogens is 214 g/mol. The summed E-state index contributed by atoms with van der Waals surface area (Å²) in [6.07, 6.45) is 7.74. The van der Waals surface area contributed by atoms with E-state index in [1.165, 1.54) is 0 Å². The molecule has 17 heavy (non-hydrogen) atoms. The molecule has 0 heterocycles. The van der Waals surface area contributed by atoms with Gasteiger partial charge in [-0.3, -0.25) is 4.79 Å². The number of nitrogens with one attached hydrogen (secondary N) is 1. The van der Waals surface area contributed by atoms with Gasteiger partial charge in [-0.05, 0) is 25.7 Å². The van der Waals surface area contributed by atoms with E-state index in [2.05, 4.69) is 19.2 Å². The molecule has 3 heteroatoms. The van der Waals surface area contributed by atoms with Crippen LogP contribution in [0.4, 0.5) is 0 Å². The molecule has 3 nitrogen and oxygen atoms in total. The average Bonchev–Trinajstić information content (AvgIpc) is 2.33. The highest BCUT2D eigenvalue weighted by Gasteiger charge is 2.26. The fraction of sp³-hybridized carbons (Fsp3) is 0.929. The lowest BCUT2D eigenvalue weighted by Gasteiger charge is -2.29. The molecule has 1 aliphatic rings. The van der Waals surface area contributed by atoms with Gasteiger partial charge >= 0.3 is 0 Å². The Morgan fingerprint density at radius 2 is 2.06 bits per heavy atom. The molecule has 0 radical (unpaired) electrons. The predicted octanol–water partition coefficient (Wildman–Crippen LogP) is 2.62. The molecule has 0 aromatic heterocycles. The van der Waals surface area contributed by atoms with Crippen molar-refractivity contribution in [3.05, 3.63) is 0 Å². The van der Waals surface area contributed by atoms with Crippen molar-refractivity contribution in [3.63, 3.8) is 0 Å². The van der Waals surface area contributed by atoms with Crippen molar-refractivity contribution < 1.29 is 9.90 Å². The van der Waals surface area contributed by atoms with Crippen LogP contribution in [0.2, 0.25) is 0 Å². The van der Waals surface area contributed by atoms with E-state index in [0.29, 0.717) is 0 Å². The molecule has 0 spiro atoms. The van der Waals surface area contributed by atoms with E-state index >= 15 is 0 Å². The van der Waals surface area contributed by atoms with Crippen LogP contribution in [-0.4, -0.2) is 23.2 Å². The maximum atomic E-state index is 12.1.